The van der Waals surface area contributed by atoms with Crippen LogP contribution in [0.2, 0.25) is 0 Å². The van der Waals surface area contributed by atoms with Gasteiger partial charge in [-0.05, 0) is 36.8 Å². The average Bonchev–Trinajstić information content (AvgIpc) is 2.16. The van der Waals surface area contributed by atoms with Crippen molar-refractivity contribution in [2.24, 2.45) is 0 Å². The van der Waals surface area contributed by atoms with Crippen LogP contribution in [-0.4, -0.2) is 4.98 Å². The van der Waals surface area contributed by atoms with Crippen LogP contribution in [0.5, 0.6) is 0 Å². The summed E-state index contributed by atoms with van der Waals surface area (Å²) < 4.78 is 0. The molecule has 0 atom stereocenters. The molecule has 0 aliphatic carbocycles. The first-order chi connectivity index (χ1) is 6.29. The second-order valence-electron chi connectivity index (χ2n) is 3.06. The molecule has 0 N–H and O–H groups in total. The molecule has 1 heteroatoms. The van der Waals surface area contributed by atoms with Gasteiger partial charge in [-0.25, -0.2) is 0 Å². The van der Waals surface area contributed by atoms with Crippen LogP contribution in [0.25, 0.3) is 10.9 Å². The number of nitrogens with zero attached hydrogens (tertiary/aromatic N) is 1. The van der Waals surface area contributed by atoms with Crippen molar-refractivity contribution in [1.29, 1.82) is 0 Å². The third kappa shape index (κ3) is 1.39. The van der Waals surface area contributed by atoms with E-state index in [9.17, 15) is 0 Å². The van der Waals surface area contributed by atoms with Gasteiger partial charge in [-0.3, -0.25) is 4.98 Å². The molecule has 0 saturated carbocycles. The molecular formula is C12H9N. The predicted molar refractivity (Wildman–Crippen MR) is 54.4 cm³/mol. The number of rotatable bonds is 0. The van der Waals surface area contributed by atoms with Gasteiger partial charge in [0.2, 0.25) is 0 Å². The predicted octanol–water partition coefficient (Wildman–Crippen LogP) is 2.52. The van der Waals surface area contributed by atoms with Crippen molar-refractivity contribution < 1.29 is 0 Å². The fourth-order valence-electron chi connectivity index (χ4n) is 1.33. The van der Waals surface area contributed by atoms with Crippen molar-refractivity contribution in [3.05, 3.63) is 41.6 Å². The zero-order valence-corrected chi connectivity index (χ0v) is 7.41. The summed E-state index contributed by atoms with van der Waals surface area (Å²) >= 11 is 0. The maximum absolute atomic E-state index is 5.31. The summed E-state index contributed by atoms with van der Waals surface area (Å²) in [6.45, 7) is 2.02. The van der Waals surface area contributed by atoms with Crippen LogP contribution in [0.15, 0.2) is 30.5 Å². The van der Waals surface area contributed by atoms with Gasteiger partial charge in [0.25, 0.3) is 0 Å². The second kappa shape index (κ2) is 2.91. The van der Waals surface area contributed by atoms with Gasteiger partial charge in [-0.1, -0.05) is 5.92 Å². The van der Waals surface area contributed by atoms with Gasteiger partial charge in [-0.15, -0.1) is 6.42 Å². The number of aryl methyl sites for hydroxylation is 1. The van der Waals surface area contributed by atoms with Crippen LogP contribution < -0.4 is 0 Å². The lowest BCUT2D eigenvalue weighted by Crippen LogP contribution is -1.82. The standard InChI is InChI=1S/C12H9N/c1-3-10-4-5-12-11(7-10)6-9(2)8-13-12/h1,4-8H,2H3. The topological polar surface area (TPSA) is 12.9 Å². The average molecular weight is 167 g/mol. The zero-order chi connectivity index (χ0) is 9.26. The Morgan fingerprint density at radius 1 is 1.31 bits per heavy atom. The number of aromatic nitrogens is 1. The Labute approximate surface area is 77.4 Å². The third-order valence-corrected chi connectivity index (χ3v) is 1.98. The van der Waals surface area contributed by atoms with E-state index in [1.54, 1.807) is 0 Å². The quantitative estimate of drug-likeness (QED) is 0.549. The second-order valence-corrected chi connectivity index (χ2v) is 3.06. The molecule has 0 amide bonds. The first-order valence-electron chi connectivity index (χ1n) is 4.12. The molecule has 2 aromatic rings. The summed E-state index contributed by atoms with van der Waals surface area (Å²) in [4.78, 5) is 4.29. The number of fused-ring (bicyclic) bond motifs is 1. The minimum absolute atomic E-state index is 0.903. The Kier molecular flexibility index (Phi) is 1.75. The molecule has 0 bridgehead atoms. The van der Waals surface area contributed by atoms with Crippen LogP contribution >= 0.6 is 0 Å². The molecule has 13 heavy (non-hydrogen) atoms. The molecule has 1 heterocycles. The first-order valence-corrected chi connectivity index (χ1v) is 4.12. The van der Waals surface area contributed by atoms with E-state index in [-0.39, 0.29) is 0 Å². The van der Waals surface area contributed by atoms with E-state index in [1.807, 2.05) is 31.3 Å². The Morgan fingerprint density at radius 3 is 2.92 bits per heavy atom. The fourth-order valence-corrected chi connectivity index (χ4v) is 1.33. The van der Waals surface area contributed by atoms with E-state index in [0.29, 0.717) is 0 Å². The molecule has 0 spiro atoms. The lowest BCUT2D eigenvalue weighted by molar-refractivity contribution is 1.33. The van der Waals surface area contributed by atoms with Gasteiger partial charge < -0.3 is 0 Å². The summed E-state index contributed by atoms with van der Waals surface area (Å²) in [6.07, 6.45) is 7.17. The molecule has 0 aliphatic rings. The Morgan fingerprint density at radius 2 is 2.15 bits per heavy atom. The van der Waals surface area contributed by atoms with Crippen molar-refractivity contribution in [3.8, 4) is 12.3 Å². The van der Waals surface area contributed by atoms with Gasteiger partial charge in [0.15, 0.2) is 0 Å². The number of hydrogen-bond donors (Lipinski definition) is 0. The minimum Gasteiger partial charge on any atom is -0.256 e. The van der Waals surface area contributed by atoms with Crippen molar-refractivity contribution in [2.45, 2.75) is 6.92 Å². The van der Waals surface area contributed by atoms with Gasteiger partial charge >= 0.3 is 0 Å². The SMILES string of the molecule is C#Cc1ccc2ncc(C)cc2c1. The molecule has 1 aromatic carbocycles. The van der Waals surface area contributed by atoms with Crippen LogP contribution in [-0.2, 0) is 0 Å². The lowest BCUT2D eigenvalue weighted by atomic mass is 10.1. The third-order valence-electron chi connectivity index (χ3n) is 1.98. The molecule has 2 rings (SSSR count). The normalized spacial score (nSPS) is 9.85. The number of pyridine rings is 1. The van der Waals surface area contributed by atoms with Crippen molar-refractivity contribution in [1.82, 2.24) is 4.98 Å². The van der Waals surface area contributed by atoms with E-state index in [1.165, 1.54) is 0 Å². The molecule has 1 aromatic heterocycles. The molecule has 0 unspecified atom stereocenters. The van der Waals surface area contributed by atoms with Crippen molar-refractivity contribution in [2.75, 3.05) is 0 Å². The molecule has 0 fully saturated rings. The number of benzene rings is 1. The van der Waals surface area contributed by atoms with Crippen LogP contribution in [0.4, 0.5) is 0 Å². The van der Waals surface area contributed by atoms with E-state index < -0.39 is 0 Å². The summed E-state index contributed by atoms with van der Waals surface area (Å²) in [5, 5.41) is 1.11. The van der Waals surface area contributed by atoms with Crippen molar-refractivity contribution in [3.63, 3.8) is 0 Å². The molecule has 0 saturated heterocycles. The van der Waals surface area contributed by atoms with Gasteiger partial charge in [0.1, 0.15) is 0 Å². The highest BCUT2D eigenvalue weighted by Crippen LogP contribution is 2.14. The van der Waals surface area contributed by atoms with Gasteiger partial charge in [-0.2, -0.15) is 0 Å². The highest BCUT2D eigenvalue weighted by molar-refractivity contribution is 5.80. The van der Waals surface area contributed by atoms with E-state index in [0.717, 1.165) is 22.0 Å². The van der Waals surface area contributed by atoms with Gasteiger partial charge in [0.05, 0.1) is 5.52 Å². The van der Waals surface area contributed by atoms with E-state index in [4.69, 9.17) is 6.42 Å². The number of terminal acetylenes is 1. The summed E-state index contributed by atoms with van der Waals surface area (Å²) in [7, 11) is 0. The maximum Gasteiger partial charge on any atom is 0.0703 e. The summed E-state index contributed by atoms with van der Waals surface area (Å²) in [5.74, 6) is 2.61. The molecule has 1 nitrogen and oxygen atoms in total. The Bertz CT molecular complexity index is 492. The largest absolute Gasteiger partial charge is 0.256 e. The monoisotopic (exact) mass is 167 g/mol. The summed E-state index contributed by atoms with van der Waals surface area (Å²) in [6, 6.07) is 7.92. The van der Waals surface area contributed by atoms with Crippen LogP contribution in [0.1, 0.15) is 11.1 Å². The molecule has 0 aliphatic heterocycles. The van der Waals surface area contributed by atoms with E-state index in [2.05, 4.69) is 17.0 Å². The number of hydrogen-bond acceptors (Lipinski definition) is 1. The maximum atomic E-state index is 5.31. The highest BCUT2D eigenvalue weighted by Gasteiger charge is 1.95. The summed E-state index contributed by atoms with van der Waals surface area (Å²) in [5.41, 5.74) is 3.05. The Hall–Kier alpha value is -1.81. The molecular weight excluding hydrogens is 158 g/mol. The van der Waals surface area contributed by atoms with E-state index >= 15 is 0 Å². The fraction of sp³-hybridized carbons (Fsp3) is 0.0833. The van der Waals surface area contributed by atoms with Crippen LogP contribution in [0, 0.1) is 19.3 Å². The molecule has 62 valence electrons. The van der Waals surface area contributed by atoms with Gasteiger partial charge in [0, 0.05) is 17.1 Å². The Balaban J connectivity index is 2.77. The smallest absolute Gasteiger partial charge is 0.0703 e. The van der Waals surface area contributed by atoms with Crippen LogP contribution in [0.3, 0.4) is 0 Å². The van der Waals surface area contributed by atoms with Crippen molar-refractivity contribution >= 4 is 10.9 Å². The highest BCUT2D eigenvalue weighted by atomic mass is 14.6. The first kappa shape index (κ1) is 7.82. The lowest BCUT2D eigenvalue weighted by Gasteiger charge is -1.98. The minimum atomic E-state index is 0.903. The zero-order valence-electron chi connectivity index (χ0n) is 7.41. The molecule has 0 radical (unpaired) electrons.